The largest absolute Gasteiger partial charge is 0.443 e. The molecule has 0 bridgehead atoms. The van der Waals surface area contributed by atoms with Crippen molar-refractivity contribution in [3.05, 3.63) is 29.8 Å². The summed E-state index contributed by atoms with van der Waals surface area (Å²) in [5.74, 6) is 0.309. The van der Waals surface area contributed by atoms with Crippen LogP contribution in [0.15, 0.2) is 24.8 Å². The van der Waals surface area contributed by atoms with E-state index in [2.05, 4.69) is 20.4 Å². The van der Waals surface area contributed by atoms with Gasteiger partial charge in [-0.05, 0) is 33.8 Å². The fourth-order valence-corrected chi connectivity index (χ4v) is 2.41. The molecule has 132 valence electrons. The molecule has 0 saturated heterocycles. The van der Waals surface area contributed by atoms with Crippen LogP contribution in [0.5, 0.6) is 0 Å². The van der Waals surface area contributed by atoms with Crippen molar-refractivity contribution in [1.82, 2.24) is 29.6 Å². The molecule has 0 aliphatic carbocycles. The molecule has 3 rings (SSSR count). The van der Waals surface area contributed by atoms with Crippen LogP contribution in [0.2, 0.25) is 5.02 Å². The zero-order valence-electron chi connectivity index (χ0n) is 14.3. The van der Waals surface area contributed by atoms with Crippen LogP contribution in [-0.4, -0.2) is 41.3 Å². The van der Waals surface area contributed by atoms with E-state index >= 15 is 0 Å². The maximum absolute atomic E-state index is 12.9. The van der Waals surface area contributed by atoms with Crippen LogP contribution in [0.3, 0.4) is 0 Å². The second kappa shape index (κ2) is 6.32. The minimum atomic E-state index is -0.682. The van der Waals surface area contributed by atoms with Crippen molar-refractivity contribution in [3.63, 3.8) is 0 Å². The lowest BCUT2D eigenvalue weighted by Gasteiger charge is -2.25. The molecule has 3 heterocycles. The molecule has 25 heavy (non-hydrogen) atoms. The smallest absolute Gasteiger partial charge is 0.420 e. The number of hydrogen-bond acceptors (Lipinski definition) is 6. The lowest BCUT2D eigenvalue weighted by Crippen LogP contribution is -2.34. The lowest BCUT2D eigenvalue weighted by atomic mass is 10.2. The molecule has 0 spiro atoms. The monoisotopic (exact) mass is 363 g/mol. The van der Waals surface area contributed by atoms with Crippen molar-refractivity contribution >= 4 is 34.8 Å². The molecule has 0 saturated carbocycles. The van der Waals surface area contributed by atoms with E-state index in [0.717, 1.165) is 0 Å². The average Bonchev–Trinajstić information content (AvgIpc) is 3.14. The predicted octanol–water partition coefficient (Wildman–Crippen LogP) is 3.07. The Hall–Kier alpha value is -2.68. The first kappa shape index (κ1) is 17.2. The first-order valence-electron chi connectivity index (χ1n) is 7.70. The maximum atomic E-state index is 12.9. The van der Waals surface area contributed by atoms with Crippen LogP contribution in [-0.2, 0) is 11.3 Å². The van der Waals surface area contributed by atoms with Crippen LogP contribution in [0.4, 0.5) is 16.3 Å². The molecule has 1 amide bonds. The van der Waals surface area contributed by atoms with Gasteiger partial charge >= 0.3 is 6.09 Å². The standard InChI is InChI=1S/C15H18ClN7O2/c1-5-21-8-12(19-20-21)23(14(24)25-15(2,3)4)11-6-10(16)7-22-13(11)17-9-18-22/h6-9H,5H2,1-4H3. The normalized spacial score (nSPS) is 11.7. The number of ether oxygens (including phenoxy) is 1. The third-order valence-electron chi connectivity index (χ3n) is 3.22. The van der Waals surface area contributed by atoms with Gasteiger partial charge in [-0.1, -0.05) is 16.8 Å². The molecule has 10 heteroatoms. The number of amides is 1. The Bertz CT molecular complexity index is 912. The van der Waals surface area contributed by atoms with E-state index in [0.29, 0.717) is 28.7 Å². The molecule has 9 nitrogen and oxygen atoms in total. The van der Waals surface area contributed by atoms with Gasteiger partial charge in [0.15, 0.2) is 11.5 Å². The minimum absolute atomic E-state index is 0.309. The number of hydrogen-bond donors (Lipinski definition) is 0. The summed E-state index contributed by atoms with van der Waals surface area (Å²) in [5.41, 5.74) is 0.169. The van der Waals surface area contributed by atoms with Crippen LogP contribution in [0.25, 0.3) is 5.65 Å². The van der Waals surface area contributed by atoms with E-state index < -0.39 is 11.7 Å². The van der Waals surface area contributed by atoms with Gasteiger partial charge in [0.1, 0.15) is 17.6 Å². The topological polar surface area (TPSA) is 90.4 Å². The number of anilines is 2. The van der Waals surface area contributed by atoms with E-state index in [-0.39, 0.29) is 0 Å². The molecular weight excluding hydrogens is 346 g/mol. The number of rotatable bonds is 3. The number of halogens is 1. The number of carbonyl (C=O) groups excluding carboxylic acids is 1. The van der Waals surface area contributed by atoms with E-state index in [1.54, 1.807) is 43.9 Å². The highest BCUT2D eigenvalue weighted by atomic mass is 35.5. The van der Waals surface area contributed by atoms with Gasteiger partial charge in [-0.3, -0.25) is 4.68 Å². The molecule has 0 fully saturated rings. The van der Waals surface area contributed by atoms with Gasteiger partial charge < -0.3 is 4.74 Å². The number of fused-ring (bicyclic) bond motifs is 1. The fraction of sp³-hybridized carbons (Fsp3) is 0.400. The van der Waals surface area contributed by atoms with Crippen molar-refractivity contribution in [2.24, 2.45) is 0 Å². The van der Waals surface area contributed by atoms with Gasteiger partial charge in [0.25, 0.3) is 0 Å². The van der Waals surface area contributed by atoms with Gasteiger partial charge in [-0.25, -0.2) is 19.2 Å². The van der Waals surface area contributed by atoms with Crippen molar-refractivity contribution in [1.29, 1.82) is 0 Å². The molecule has 3 aromatic rings. The summed E-state index contributed by atoms with van der Waals surface area (Å²) < 4.78 is 8.62. The third kappa shape index (κ3) is 3.55. The number of aromatic nitrogens is 6. The van der Waals surface area contributed by atoms with E-state index in [9.17, 15) is 4.79 Å². The van der Waals surface area contributed by atoms with Crippen molar-refractivity contribution in [2.45, 2.75) is 39.8 Å². The van der Waals surface area contributed by atoms with Gasteiger partial charge in [-0.15, -0.1) is 5.10 Å². The molecule has 0 aliphatic heterocycles. The van der Waals surface area contributed by atoms with Crippen LogP contribution < -0.4 is 4.90 Å². The van der Waals surface area contributed by atoms with Crippen LogP contribution >= 0.6 is 11.6 Å². The van der Waals surface area contributed by atoms with E-state index in [1.807, 2.05) is 6.92 Å². The quantitative estimate of drug-likeness (QED) is 0.710. The molecule has 3 aromatic heterocycles. The molecule has 0 aromatic carbocycles. The van der Waals surface area contributed by atoms with Gasteiger partial charge in [0.05, 0.1) is 11.2 Å². The third-order valence-corrected chi connectivity index (χ3v) is 3.43. The van der Waals surface area contributed by atoms with E-state index in [4.69, 9.17) is 16.3 Å². The number of aryl methyl sites for hydroxylation is 1. The van der Waals surface area contributed by atoms with Crippen molar-refractivity contribution in [3.8, 4) is 0 Å². The van der Waals surface area contributed by atoms with Crippen molar-refractivity contribution < 1.29 is 9.53 Å². The summed E-state index contributed by atoms with van der Waals surface area (Å²) in [6, 6.07) is 1.61. The summed E-state index contributed by atoms with van der Waals surface area (Å²) in [4.78, 5) is 18.4. The average molecular weight is 364 g/mol. The van der Waals surface area contributed by atoms with Crippen LogP contribution in [0, 0.1) is 0 Å². The zero-order chi connectivity index (χ0) is 18.2. The van der Waals surface area contributed by atoms with Gasteiger partial charge in [-0.2, -0.15) is 5.10 Å². The molecule has 0 N–H and O–H groups in total. The van der Waals surface area contributed by atoms with Crippen molar-refractivity contribution in [2.75, 3.05) is 4.90 Å². The Morgan fingerprint density at radius 1 is 1.36 bits per heavy atom. The Kier molecular flexibility index (Phi) is 4.34. The fourth-order valence-electron chi connectivity index (χ4n) is 2.21. The number of pyridine rings is 1. The minimum Gasteiger partial charge on any atom is -0.443 e. The predicted molar refractivity (Wildman–Crippen MR) is 92.1 cm³/mol. The Balaban J connectivity index is 2.15. The first-order valence-corrected chi connectivity index (χ1v) is 8.08. The molecule has 0 atom stereocenters. The number of nitrogens with zero attached hydrogens (tertiary/aromatic N) is 7. The second-order valence-electron chi connectivity index (χ2n) is 6.32. The van der Waals surface area contributed by atoms with Gasteiger partial charge in [0, 0.05) is 12.7 Å². The Labute approximate surface area is 149 Å². The summed E-state index contributed by atoms with van der Waals surface area (Å²) in [6.45, 7) is 7.90. The van der Waals surface area contributed by atoms with Gasteiger partial charge in [0.2, 0.25) is 0 Å². The van der Waals surface area contributed by atoms with Crippen LogP contribution in [0.1, 0.15) is 27.7 Å². The zero-order valence-corrected chi connectivity index (χ0v) is 15.1. The van der Waals surface area contributed by atoms with E-state index in [1.165, 1.54) is 15.7 Å². The maximum Gasteiger partial charge on any atom is 0.420 e. The molecule has 0 unspecified atom stereocenters. The highest BCUT2D eigenvalue weighted by Gasteiger charge is 2.29. The molecule has 0 radical (unpaired) electrons. The first-order chi connectivity index (χ1) is 11.8. The summed E-state index contributed by atoms with van der Waals surface area (Å²) in [6.07, 6.45) is 4.02. The summed E-state index contributed by atoms with van der Waals surface area (Å²) in [7, 11) is 0. The molecule has 0 aliphatic rings. The summed E-state index contributed by atoms with van der Waals surface area (Å²) in [5, 5.41) is 12.5. The Morgan fingerprint density at radius 2 is 2.12 bits per heavy atom. The highest BCUT2D eigenvalue weighted by molar-refractivity contribution is 6.31. The Morgan fingerprint density at radius 3 is 2.76 bits per heavy atom. The second-order valence-corrected chi connectivity index (χ2v) is 6.76. The lowest BCUT2D eigenvalue weighted by molar-refractivity contribution is 0.0598. The number of carbonyl (C=O) groups is 1. The molecular formula is C15H18ClN7O2. The summed E-state index contributed by atoms with van der Waals surface area (Å²) >= 11 is 6.17. The SMILES string of the molecule is CCn1cc(N(C(=O)OC(C)(C)C)c2cc(Cl)cn3ncnc23)nn1. The highest BCUT2D eigenvalue weighted by Crippen LogP contribution is 2.31.